The summed E-state index contributed by atoms with van der Waals surface area (Å²) in [5.41, 5.74) is 2.82. The van der Waals surface area contributed by atoms with Crippen molar-refractivity contribution in [3.05, 3.63) is 105 Å². The molecule has 0 N–H and O–H groups in total. The van der Waals surface area contributed by atoms with Crippen LogP contribution in [0.5, 0.6) is 0 Å². The van der Waals surface area contributed by atoms with E-state index in [1.165, 1.54) is 10.4 Å². The third kappa shape index (κ3) is 5.04. The van der Waals surface area contributed by atoms with Gasteiger partial charge in [-0.15, -0.1) is 11.3 Å². The maximum atomic E-state index is 13.8. The molecule has 1 atom stereocenters. The number of hydrogen-bond acceptors (Lipinski definition) is 3. The number of amides is 2. The van der Waals surface area contributed by atoms with Crippen LogP contribution in [0.25, 0.3) is 10.8 Å². The predicted octanol–water partition coefficient (Wildman–Crippen LogP) is 6.97. The predicted molar refractivity (Wildman–Crippen MR) is 148 cm³/mol. The Labute approximate surface area is 221 Å². The molecule has 0 aliphatic carbocycles. The smallest absolute Gasteiger partial charge is 0.254 e. The Morgan fingerprint density at radius 3 is 2.58 bits per heavy atom. The molecule has 1 aromatic heterocycles. The number of rotatable bonds is 7. The molecule has 0 saturated carbocycles. The first-order valence-electron chi connectivity index (χ1n) is 12.4. The summed E-state index contributed by atoms with van der Waals surface area (Å²) in [6.07, 6.45) is 2.63. The molecule has 36 heavy (non-hydrogen) atoms. The van der Waals surface area contributed by atoms with Crippen LogP contribution >= 0.6 is 22.9 Å². The van der Waals surface area contributed by atoms with Crippen LogP contribution in [0, 0.1) is 0 Å². The van der Waals surface area contributed by atoms with E-state index >= 15 is 0 Å². The Bertz CT molecular complexity index is 1380. The summed E-state index contributed by atoms with van der Waals surface area (Å²) in [4.78, 5) is 32.4. The first-order valence-corrected chi connectivity index (χ1v) is 13.7. The maximum Gasteiger partial charge on any atom is 0.254 e. The van der Waals surface area contributed by atoms with Gasteiger partial charge in [0, 0.05) is 28.6 Å². The highest BCUT2D eigenvalue weighted by Crippen LogP contribution is 2.38. The zero-order valence-electron chi connectivity index (χ0n) is 20.3. The molecule has 0 spiro atoms. The van der Waals surface area contributed by atoms with Crippen molar-refractivity contribution in [1.82, 2.24) is 9.80 Å². The molecule has 1 unspecified atom stereocenters. The Balaban J connectivity index is 1.42. The second kappa shape index (κ2) is 10.9. The fourth-order valence-corrected chi connectivity index (χ4v) is 5.98. The minimum Gasteiger partial charge on any atom is -0.330 e. The van der Waals surface area contributed by atoms with Gasteiger partial charge in [-0.1, -0.05) is 67.4 Å². The molecule has 5 rings (SSSR count). The minimum absolute atomic E-state index is 0.0305. The fraction of sp³-hybridized carbons (Fsp3) is 0.267. The number of carbonyl (C=O) groups excluding carboxylic acids is 2. The molecule has 0 bridgehead atoms. The lowest BCUT2D eigenvalue weighted by molar-refractivity contribution is -0.134. The van der Waals surface area contributed by atoms with Crippen LogP contribution in [0.3, 0.4) is 0 Å². The van der Waals surface area contributed by atoms with Crippen LogP contribution in [-0.2, 0) is 11.2 Å². The average molecular weight is 517 g/mol. The fourth-order valence-electron chi connectivity index (χ4n) is 4.95. The van der Waals surface area contributed by atoms with E-state index in [9.17, 15) is 9.59 Å². The molecule has 2 heterocycles. The summed E-state index contributed by atoms with van der Waals surface area (Å²) < 4.78 is 0. The van der Waals surface area contributed by atoms with Crippen molar-refractivity contribution in [2.24, 2.45) is 0 Å². The Morgan fingerprint density at radius 2 is 1.81 bits per heavy atom. The highest BCUT2D eigenvalue weighted by molar-refractivity contribution is 7.10. The zero-order chi connectivity index (χ0) is 25.1. The van der Waals surface area contributed by atoms with E-state index < -0.39 is 0 Å². The summed E-state index contributed by atoms with van der Waals surface area (Å²) in [5.74, 6) is -0.129. The Kier molecular flexibility index (Phi) is 7.40. The number of nitrogens with zero attached hydrogens (tertiary/aromatic N) is 2. The Hall–Kier alpha value is -3.15. The molecular weight excluding hydrogens is 488 g/mol. The average Bonchev–Trinajstić information content (AvgIpc) is 3.39. The van der Waals surface area contributed by atoms with Crippen molar-refractivity contribution in [3.8, 4) is 0 Å². The van der Waals surface area contributed by atoms with Gasteiger partial charge in [0.15, 0.2) is 0 Å². The number of carbonyl (C=O) groups is 2. The SMILES string of the molecule is CCCCN(CC(=O)N1CCc2sccc2C1c1ccc(Cl)cc1)C(=O)c1ccc2ccccc2c1. The van der Waals surface area contributed by atoms with E-state index in [1.54, 1.807) is 16.2 Å². The van der Waals surface area contributed by atoms with Crippen LogP contribution in [0.4, 0.5) is 0 Å². The topological polar surface area (TPSA) is 40.6 Å². The molecule has 1 aliphatic heterocycles. The molecule has 0 fully saturated rings. The van der Waals surface area contributed by atoms with E-state index in [2.05, 4.69) is 18.4 Å². The lowest BCUT2D eigenvalue weighted by Gasteiger charge is -2.37. The van der Waals surface area contributed by atoms with Crippen LogP contribution in [-0.4, -0.2) is 41.2 Å². The van der Waals surface area contributed by atoms with E-state index in [0.717, 1.165) is 35.6 Å². The molecule has 4 nitrogen and oxygen atoms in total. The quantitative estimate of drug-likeness (QED) is 0.266. The van der Waals surface area contributed by atoms with Crippen LogP contribution < -0.4 is 0 Å². The van der Waals surface area contributed by atoms with Crippen LogP contribution in [0.15, 0.2) is 78.2 Å². The number of hydrogen-bond donors (Lipinski definition) is 0. The Morgan fingerprint density at radius 1 is 1.03 bits per heavy atom. The summed E-state index contributed by atoms with van der Waals surface area (Å²) in [6, 6.07) is 23.5. The number of thiophene rings is 1. The molecule has 4 aromatic rings. The van der Waals surface area contributed by atoms with Crippen molar-refractivity contribution in [3.63, 3.8) is 0 Å². The summed E-state index contributed by atoms with van der Waals surface area (Å²) in [7, 11) is 0. The van der Waals surface area contributed by atoms with E-state index in [-0.39, 0.29) is 24.4 Å². The standard InChI is InChI=1S/C30H29ClN2O2S/c1-2-3-16-32(30(35)24-9-8-21-6-4-5-7-23(21)19-24)20-28(34)33-17-14-27-26(15-18-36-27)29(33)22-10-12-25(31)13-11-22/h4-13,15,18-19,29H,2-3,14,16-17,20H2,1H3. The second-order valence-electron chi connectivity index (χ2n) is 9.23. The highest BCUT2D eigenvalue weighted by Gasteiger charge is 2.34. The number of halogens is 1. The lowest BCUT2D eigenvalue weighted by Crippen LogP contribution is -2.47. The molecule has 1 aliphatic rings. The minimum atomic E-state index is -0.173. The summed E-state index contributed by atoms with van der Waals surface area (Å²) >= 11 is 7.89. The van der Waals surface area contributed by atoms with E-state index in [4.69, 9.17) is 11.6 Å². The molecule has 0 saturated heterocycles. The van der Waals surface area contributed by atoms with Gasteiger partial charge < -0.3 is 9.80 Å². The number of fused-ring (bicyclic) bond motifs is 2. The number of unbranched alkanes of at least 4 members (excludes halogenated alkanes) is 1. The monoisotopic (exact) mass is 516 g/mol. The van der Waals surface area contributed by atoms with Gasteiger partial charge in [0.1, 0.15) is 6.54 Å². The van der Waals surface area contributed by atoms with Gasteiger partial charge in [0.2, 0.25) is 5.91 Å². The maximum absolute atomic E-state index is 13.8. The van der Waals surface area contributed by atoms with Gasteiger partial charge in [0.25, 0.3) is 5.91 Å². The summed E-state index contributed by atoms with van der Waals surface area (Å²) in [6.45, 7) is 3.34. The lowest BCUT2D eigenvalue weighted by atomic mass is 9.93. The normalized spacial score (nSPS) is 15.1. The van der Waals surface area contributed by atoms with Crippen molar-refractivity contribution in [2.75, 3.05) is 19.6 Å². The molecule has 2 amide bonds. The summed E-state index contributed by atoms with van der Waals surface area (Å²) in [5, 5.41) is 4.88. The number of benzene rings is 3. The first-order chi connectivity index (χ1) is 17.5. The van der Waals surface area contributed by atoms with Crippen molar-refractivity contribution < 1.29 is 9.59 Å². The third-order valence-corrected chi connectivity index (χ3v) is 8.11. The molecular formula is C30H29ClN2O2S. The van der Waals surface area contributed by atoms with Gasteiger partial charge >= 0.3 is 0 Å². The third-order valence-electron chi connectivity index (χ3n) is 6.86. The zero-order valence-corrected chi connectivity index (χ0v) is 21.9. The van der Waals surface area contributed by atoms with Gasteiger partial charge in [-0.3, -0.25) is 9.59 Å². The largest absolute Gasteiger partial charge is 0.330 e. The molecule has 184 valence electrons. The van der Waals surface area contributed by atoms with E-state index in [0.29, 0.717) is 23.7 Å². The van der Waals surface area contributed by atoms with Gasteiger partial charge in [-0.25, -0.2) is 0 Å². The van der Waals surface area contributed by atoms with Gasteiger partial charge in [-0.2, -0.15) is 0 Å². The van der Waals surface area contributed by atoms with Crippen molar-refractivity contribution >= 4 is 45.5 Å². The molecule has 6 heteroatoms. The van der Waals surface area contributed by atoms with Crippen LogP contribution in [0.1, 0.15) is 52.2 Å². The molecule has 0 radical (unpaired) electrons. The molecule has 3 aromatic carbocycles. The highest BCUT2D eigenvalue weighted by atomic mass is 35.5. The van der Waals surface area contributed by atoms with Crippen LogP contribution in [0.2, 0.25) is 5.02 Å². The van der Waals surface area contributed by atoms with Crippen molar-refractivity contribution in [1.29, 1.82) is 0 Å². The van der Waals surface area contributed by atoms with Crippen molar-refractivity contribution in [2.45, 2.75) is 32.2 Å². The second-order valence-corrected chi connectivity index (χ2v) is 10.7. The van der Waals surface area contributed by atoms with Gasteiger partial charge in [0.05, 0.1) is 6.04 Å². The van der Waals surface area contributed by atoms with E-state index in [1.807, 2.05) is 71.6 Å². The first kappa shape index (κ1) is 24.5. The van der Waals surface area contributed by atoms with Gasteiger partial charge in [-0.05, 0) is 70.5 Å².